The molecule has 4 heteroatoms. The summed E-state index contributed by atoms with van der Waals surface area (Å²) in [5, 5.41) is 0.800. The monoisotopic (exact) mass is 360 g/mol. The first-order chi connectivity index (χ1) is 11.6. The molecule has 1 fully saturated rings. The predicted molar refractivity (Wildman–Crippen MR) is 108 cm³/mol. The van der Waals surface area contributed by atoms with Crippen LogP contribution in [0.5, 0.6) is 0 Å². The van der Waals surface area contributed by atoms with Crippen molar-refractivity contribution >= 4 is 23.5 Å². The van der Waals surface area contributed by atoms with Gasteiger partial charge in [-0.3, -0.25) is 0 Å². The van der Waals surface area contributed by atoms with Crippen molar-refractivity contribution in [3.8, 4) is 0 Å². The molecule has 130 valence electrons. The van der Waals surface area contributed by atoms with Crippen LogP contribution in [0, 0.1) is 13.8 Å². The maximum absolute atomic E-state index is 4.24. The molecule has 0 spiro atoms. The molecule has 3 rings (SSSR count). The molecule has 2 aromatic rings. The van der Waals surface area contributed by atoms with Gasteiger partial charge < -0.3 is 4.57 Å². The number of nitrogens with zero attached hydrogens (tertiary/aromatic N) is 2. The van der Waals surface area contributed by atoms with Crippen molar-refractivity contribution in [1.82, 2.24) is 9.55 Å². The van der Waals surface area contributed by atoms with Crippen LogP contribution in [0.4, 0.5) is 0 Å². The highest BCUT2D eigenvalue weighted by atomic mass is 32.2. The number of aromatic nitrogens is 2. The van der Waals surface area contributed by atoms with Gasteiger partial charge in [0.1, 0.15) is 0 Å². The van der Waals surface area contributed by atoms with E-state index in [1.165, 1.54) is 41.7 Å². The third-order valence-corrected chi connectivity index (χ3v) is 8.31. The van der Waals surface area contributed by atoms with E-state index < -0.39 is 0 Å². The Hall–Kier alpha value is -0.870. The number of imidazole rings is 1. The largest absolute Gasteiger partial charge is 0.335 e. The van der Waals surface area contributed by atoms with Gasteiger partial charge in [0.05, 0.1) is 10.4 Å². The lowest BCUT2D eigenvalue weighted by molar-refractivity contribution is 0.578. The van der Waals surface area contributed by atoms with Gasteiger partial charge in [-0.1, -0.05) is 36.2 Å². The van der Waals surface area contributed by atoms with E-state index in [0.29, 0.717) is 0 Å². The summed E-state index contributed by atoms with van der Waals surface area (Å²) < 4.78 is 2.54. The molecule has 24 heavy (non-hydrogen) atoms. The van der Waals surface area contributed by atoms with Crippen LogP contribution in [0.25, 0.3) is 0 Å². The fraction of sp³-hybridized carbons (Fsp3) is 0.550. The minimum atomic E-state index is 0.275. The SMILES string of the molecule is CCC1CCSC(CCc2cc(C)cc(C)c2)(Cn2ccnc2)S1. The zero-order chi connectivity index (χ0) is 17.0. The van der Waals surface area contributed by atoms with Crippen molar-refractivity contribution in [2.45, 2.75) is 62.3 Å². The van der Waals surface area contributed by atoms with E-state index in [9.17, 15) is 0 Å². The lowest BCUT2D eigenvalue weighted by Crippen LogP contribution is -2.34. The van der Waals surface area contributed by atoms with E-state index in [-0.39, 0.29) is 4.08 Å². The Balaban J connectivity index is 1.76. The molecule has 2 heterocycles. The lowest BCUT2D eigenvalue weighted by atomic mass is 10.0. The summed E-state index contributed by atoms with van der Waals surface area (Å²) in [6.45, 7) is 7.80. The molecule has 1 saturated heterocycles. The summed E-state index contributed by atoms with van der Waals surface area (Å²) >= 11 is 4.39. The summed E-state index contributed by atoms with van der Waals surface area (Å²) in [6, 6.07) is 6.97. The molecular formula is C20H28N2S2. The Morgan fingerprint density at radius 2 is 2.04 bits per heavy atom. The Labute approximate surface area is 154 Å². The molecule has 1 aromatic carbocycles. The molecule has 1 aliphatic rings. The first-order valence-corrected chi connectivity index (χ1v) is 10.8. The van der Waals surface area contributed by atoms with E-state index >= 15 is 0 Å². The van der Waals surface area contributed by atoms with Crippen molar-refractivity contribution in [3.05, 3.63) is 53.6 Å². The number of thioether (sulfide) groups is 2. The molecule has 0 N–H and O–H groups in total. The second kappa shape index (κ2) is 8.01. The molecule has 0 bridgehead atoms. The molecule has 2 unspecified atom stereocenters. The average molecular weight is 361 g/mol. The van der Waals surface area contributed by atoms with E-state index in [1.54, 1.807) is 0 Å². The Morgan fingerprint density at radius 3 is 2.71 bits per heavy atom. The highest BCUT2D eigenvalue weighted by Gasteiger charge is 2.37. The van der Waals surface area contributed by atoms with Gasteiger partial charge in [0.2, 0.25) is 0 Å². The van der Waals surface area contributed by atoms with Crippen LogP contribution in [0.3, 0.4) is 0 Å². The van der Waals surface area contributed by atoms with E-state index in [2.05, 4.69) is 78.2 Å². The quantitative estimate of drug-likeness (QED) is 0.679. The van der Waals surface area contributed by atoms with Crippen LogP contribution in [0.15, 0.2) is 36.9 Å². The van der Waals surface area contributed by atoms with Crippen molar-refractivity contribution in [1.29, 1.82) is 0 Å². The van der Waals surface area contributed by atoms with Gasteiger partial charge in [-0.2, -0.15) is 0 Å². The van der Waals surface area contributed by atoms with Gasteiger partial charge in [0.15, 0.2) is 0 Å². The minimum Gasteiger partial charge on any atom is -0.335 e. The summed E-state index contributed by atoms with van der Waals surface area (Å²) in [7, 11) is 0. The maximum Gasteiger partial charge on any atom is 0.0946 e. The predicted octanol–water partition coefficient (Wildman–Crippen LogP) is 5.48. The molecule has 2 atom stereocenters. The minimum absolute atomic E-state index is 0.275. The Kier molecular flexibility index (Phi) is 5.98. The van der Waals surface area contributed by atoms with Crippen LogP contribution < -0.4 is 0 Å². The number of aryl methyl sites for hydroxylation is 3. The molecular weight excluding hydrogens is 332 g/mol. The smallest absolute Gasteiger partial charge is 0.0946 e. The van der Waals surface area contributed by atoms with Crippen LogP contribution in [0.2, 0.25) is 0 Å². The lowest BCUT2D eigenvalue weighted by Gasteiger charge is -2.40. The highest BCUT2D eigenvalue weighted by Crippen LogP contribution is 2.50. The van der Waals surface area contributed by atoms with Crippen LogP contribution in [0.1, 0.15) is 42.9 Å². The zero-order valence-corrected chi connectivity index (χ0v) is 16.6. The van der Waals surface area contributed by atoms with Gasteiger partial charge in [0.25, 0.3) is 0 Å². The molecule has 0 radical (unpaired) electrons. The third kappa shape index (κ3) is 4.60. The number of benzene rings is 1. The van der Waals surface area contributed by atoms with Crippen molar-refractivity contribution in [2.24, 2.45) is 0 Å². The zero-order valence-electron chi connectivity index (χ0n) is 15.0. The fourth-order valence-corrected chi connectivity index (χ4v) is 7.35. The third-order valence-electron chi connectivity index (χ3n) is 4.70. The number of rotatable bonds is 6. The van der Waals surface area contributed by atoms with Gasteiger partial charge in [-0.25, -0.2) is 4.98 Å². The van der Waals surface area contributed by atoms with Gasteiger partial charge >= 0.3 is 0 Å². The molecule has 0 amide bonds. The second-order valence-electron chi connectivity index (χ2n) is 6.93. The highest BCUT2D eigenvalue weighted by molar-refractivity contribution is 8.19. The molecule has 2 nitrogen and oxygen atoms in total. The molecule has 1 aromatic heterocycles. The van der Waals surface area contributed by atoms with Gasteiger partial charge in [-0.05, 0) is 50.8 Å². The standard InChI is InChI=1S/C20H28N2S2/c1-4-19-6-10-23-20(24-19,14-22-9-8-21-15-22)7-5-18-12-16(2)11-17(3)13-18/h8-9,11-13,15,19H,4-7,10,14H2,1-3H3. The second-order valence-corrected chi connectivity index (χ2v) is 10.3. The molecule has 1 aliphatic heterocycles. The van der Waals surface area contributed by atoms with Crippen molar-refractivity contribution in [2.75, 3.05) is 5.75 Å². The van der Waals surface area contributed by atoms with E-state index in [0.717, 1.165) is 18.2 Å². The van der Waals surface area contributed by atoms with Crippen molar-refractivity contribution < 1.29 is 0 Å². The Bertz CT molecular complexity index is 633. The van der Waals surface area contributed by atoms with Crippen LogP contribution >= 0.6 is 23.5 Å². The van der Waals surface area contributed by atoms with Gasteiger partial charge in [0, 0.05) is 24.2 Å². The summed E-state index contributed by atoms with van der Waals surface area (Å²) in [4.78, 5) is 4.24. The molecule has 0 saturated carbocycles. The van der Waals surface area contributed by atoms with E-state index in [1.807, 2.05) is 12.5 Å². The van der Waals surface area contributed by atoms with Crippen LogP contribution in [-0.4, -0.2) is 24.6 Å². The normalized spacial score (nSPS) is 24.2. The summed E-state index contributed by atoms with van der Waals surface area (Å²) in [6.07, 6.45) is 11.0. The summed E-state index contributed by atoms with van der Waals surface area (Å²) in [5.41, 5.74) is 4.24. The number of hydrogen-bond acceptors (Lipinski definition) is 3. The maximum atomic E-state index is 4.24. The topological polar surface area (TPSA) is 17.8 Å². The van der Waals surface area contributed by atoms with Crippen LogP contribution in [-0.2, 0) is 13.0 Å². The van der Waals surface area contributed by atoms with E-state index in [4.69, 9.17) is 0 Å². The van der Waals surface area contributed by atoms with Crippen molar-refractivity contribution in [3.63, 3.8) is 0 Å². The fourth-order valence-electron chi connectivity index (χ4n) is 3.56. The molecule has 0 aliphatic carbocycles. The summed E-state index contributed by atoms with van der Waals surface area (Å²) in [5.74, 6) is 1.28. The Morgan fingerprint density at radius 1 is 1.25 bits per heavy atom. The first-order valence-electron chi connectivity index (χ1n) is 8.93. The first kappa shape index (κ1) is 17.9. The van der Waals surface area contributed by atoms with Gasteiger partial charge in [-0.15, -0.1) is 23.5 Å². The average Bonchev–Trinajstić information content (AvgIpc) is 3.05. The number of hydrogen-bond donors (Lipinski definition) is 0.